The van der Waals surface area contributed by atoms with Gasteiger partial charge in [-0.15, -0.1) is 24.8 Å². The van der Waals surface area contributed by atoms with Gasteiger partial charge in [-0.1, -0.05) is 13.0 Å². The molecule has 1 rings (SSSR count). The Morgan fingerprint density at radius 2 is 2.00 bits per heavy atom. The normalized spacial score (nSPS) is 12.6. The van der Waals surface area contributed by atoms with Crippen LogP contribution < -0.4 is 5.73 Å². The molecule has 1 aromatic rings. The molecule has 0 radical (unpaired) electrons. The first-order chi connectivity index (χ1) is 8.06. The van der Waals surface area contributed by atoms with Crippen LogP contribution in [-0.2, 0) is 11.3 Å². The minimum atomic E-state index is -0.154. The monoisotopic (exact) mass is 307 g/mol. The molecule has 0 bridgehead atoms. The molecule has 0 saturated carbocycles. The first-order valence-electron chi connectivity index (χ1n) is 6.00. The Labute approximate surface area is 127 Å². The van der Waals surface area contributed by atoms with E-state index in [4.69, 9.17) is 5.73 Å². The van der Waals surface area contributed by atoms with Crippen molar-refractivity contribution >= 4 is 30.7 Å². The fourth-order valence-corrected chi connectivity index (χ4v) is 1.55. The zero-order valence-corrected chi connectivity index (χ0v) is 13.2. The molecule has 0 aliphatic carbocycles. The van der Waals surface area contributed by atoms with Gasteiger partial charge in [0.05, 0.1) is 18.2 Å². The summed E-state index contributed by atoms with van der Waals surface area (Å²) in [4.78, 5) is 18.2. The van der Waals surface area contributed by atoms with E-state index in [0.29, 0.717) is 13.1 Å². The zero-order chi connectivity index (χ0) is 12.8. The third-order valence-electron chi connectivity index (χ3n) is 2.95. The van der Waals surface area contributed by atoms with Crippen LogP contribution in [0, 0.1) is 5.92 Å². The SMILES string of the molecule is CCN(Cc1ccccn1)C(=O)C(C)C(C)N.Cl.Cl. The lowest BCUT2D eigenvalue weighted by atomic mass is 10.0. The molecule has 1 aromatic heterocycles. The summed E-state index contributed by atoms with van der Waals surface area (Å²) in [6.45, 7) is 6.92. The topological polar surface area (TPSA) is 59.2 Å². The van der Waals surface area contributed by atoms with E-state index in [1.54, 1.807) is 11.1 Å². The number of rotatable bonds is 5. The van der Waals surface area contributed by atoms with Gasteiger partial charge in [-0.3, -0.25) is 9.78 Å². The Bertz CT molecular complexity index is 360. The first-order valence-corrected chi connectivity index (χ1v) is 6.00. The van der Waals surface area contributed by atoms with Crippen molar-refractivity contribution in [3.05, 3.63) is 30.1 Å². The molecule has 2 atom stereocenters. The van der Waals surface area contributed by atoms with Gasteiger partial charge in [0.1, 0.15) is 0 Å². The van der Waals surface area contributed by atoms with E-state index in [1.807, 2.05) is 39.0 Å². The number of carbonyl (C=O) groups excluding carboxylic acids is 1. The highest BCUT2D eigenvalue weighted by Crippen LogP contribution is 2.09. The number of amides is 1. The van der Waals surface area contributed by atoms with Crippen LogP contribution in [0.25, 0.3) is 0 Å². The van der Waals surface area contributed by atoms with E-state index in [0.717, 1.165) is 5.69 Å². The minimum Gasteiger partial charge on any atom is -0.337 e. The number of carbonyl (C=O) groups is 1. The molecule has 1 amide bonds. The molecule has 0 aromatic carbocycles. The maximum absolute atomic E-state index is 12.1. The van der Waals surface area contributed by atoms with Crippen LogP contribution >= 0.6 is 24.8 Å². The summed E-state index contributed by atoms with van der Waals surface area (Å²) in [7, 11) is 0. The Balaban J connectivity index is 0. The molecule has 2 N–H and O–H groups in total. The van der Waals surface area contributed by atoms with Crippen molar-refractivity contribution in [3.63, 3.8) is 0 Å². The average molecular weight is 308 g/mol. The van der Waals surface area contributed by atoms with E-state index in [9.17, 15) is 4.79 Å². The second kappa shape index (κ2) is 10.0. The molecule has 19 heavy (non-hydrogen) atoms. The van der Waals surface area contributed by atoms with Gasteiger partial charge in [-0.2, -0.15) is 0 Å². The Kier molecular flexibility index (Phi) is 10.8. The molecule has 4 nitrogen and oxygen atoms in total. The van der Waals surface area contributed by atoms with Crippen LogP contribution in [0.2, 0.25) is 0 Å². The molecular formula is C13H23Cl2N3O. The highest BCUT2D eigenvalue weighted by atomic mass is 35.5. The number of halogens is 2. The predicted molar refractivity (Wildman–Crippen MR) is 82.6 cm³/mol. The summed E-state index contributed by atoms with van der Waals surface area (Å²) in [5, 5.41) is 0. The highest BCUT2D eigenvalue weighted by Gasteiger charge is 2.22. The van der Waals surface area contributed by atoms with Gasteiger partial charge in [0.15, 0.2) is 0 Å². The molecule has 0 aliphatic heterocycles. The Morgan fingerprint density at radius 1 is 1.37 bits per heavy atom. The lowest BCUT2D eigenvalue weighted by Crippen LogP contribution is -2.41. The summed E-state index contributed by atoms with van der Waals surface area (Å²) in [6, 6.07) is 5.59. The van der Waals surface area contributed by atoms with Crippen LogP contribution in [0.4, 0.5) is 0 Å². The van der Waals surface area contributed by atoms with Gasteiger partial charge in [-0.25, -0.2) is 0 Å². The van der Waals surface area contributed by atoms with Crippen molar-refractivity contribution in [3.8, 4) is 0 Å². The van der Waals surface area contributed by atoms with Gasteiger partial charge in [0.25, 0.3) is 0 Å². The van der Waals surface area contributed by atoms with Gasteiger partial charge >= 0.3 is 0 Å². The molecule has 0 aliphatic rings. The van der Waals surface area contributed by atoms with Crippen LogP contribution in [-0.4, -0.2) is 28.4 Å². The second-order valence-corrected chi connectivity index (χ2v) is 4.32. The number of hydrogen-bond acceptors (Lipinski definition) is 3. The first kappa shape index (κ1) is 20.5. The largest absolute Gasteiger partial charge is 0.337 e. The fourth-order valence-electron chi connectivity index (χ4n) is 1.55. The maximum Gasteiger partial charge on any atom is 0.227 e. The summed E-state index contributed by atoms with van der Waals surface area (Å²) >= 11 is 0. The number of aromatic nitrogens is 1. The van der Waals surface area contributed by atoms with E-state index in [1.165, 1.54) is 0 Å². The molecule has 110 valence electrons. The van der Waals surface area contributed by atoms with Crippen molar-refractivity contribution in [1.82, 2.24) is 9.88 Å². The third kappa shape index (κ3) is 6.23. The highest BCUT2D eigenvalue weighted by molar-refractivity contribution is 5.85. The molecule has 0 fully saturated rings. The van der Waals surface area contributed by atoms with Crippen molar-refractivity contribution < 1.29 is 4.79 Å². The van der Waals surface area contributed by atoms with Gasteiger partial charge in [0, 0.05) is 18.8 Å². The third-order valence-corrected chi connectivity index (χ3v) is 2.95. The van der Waals surface area contributed by atoms with Crippen molar-refractivity contribution in [2.45, 2.75) is 33.4 Å². The summed E-state index contributed by atoms with van der Waals surface area (Å²) < 4.78 is 0. The van der Waals surface area contributed by atoms with Gasteiger partial charge in [-0.05, 0) is 26.0 Å². The lowest BCUT2D eigenvalue weighted by Gasteiger charge is -2.25. The van der Waals surface area contributed by atoms with Crippen LogP contribution in [0.5, 0.6) is 0 Å². The molecular weight excluding hydrogens is 285 g/mol. The van der Waals surface area contributed by atoms with Gasteiger partial charge in [0.2, 0.25) is 5.91 Å². The minimum absolute atomic E-state index is 0. The molecule has 1 heterocycles. The number of nitrogens with zero attached hydrogens (tertiary/aromatic N) is 2. The van der Waals surface area contributed by atoms with Crippen molar-refractivity contribution in [2.75, 3.05) is 6.54 Å². The van der Waals surface area contributed by atoms with Gasteiger partial charge < -0.3 is 10.6 Å². The lowest BCUT2D eigenvalue weighted by molar-refractivity contribution is -0.135. The molecule has 0 spiro atoms. The number of nitrogens with two attached hydrogens (primary N) is 1. The van der Waals surface area contributed by atoms with E-state index in [-0.39, 0.29) is 42.7 Å². The summed E-state index contributed by atoms with van der Waals surface area (Å²) in [5.74, 6) is -0.0631. The fraction of sp³-hybridized carbons (Fsp3) is 0.538. The number of pyridine rings is 1. The Hall–Kier alpha value is -0.840. The quantitative estimate of drug-likeness (QED) is 0.907. The van der Waals surface area contributed by atoms with Crippen molar-refractivity contribution in [2.24, 2.45) is 11.7 Å². The smallest absolute Gasteiger partial charge is 0.227 e. The molecule has 6 heteroatoms. The standard InChI is InChI=1S/C13H21N3O.2ClH/c1-4-16(13(17)10(2)11(3)14)9-12-7-5-6-8-15-12;;/h5-8,10-11H,4,9,14H2,1-3H3;2*1H. The predicted octanol–water partition coefficient (Wildman–Crippen LogP) is 2.26. The number of hydrogen-bond donors (Lipinski definition) is 1. The van der Waals surface area contributed by atoms with Crippen LogP contribution in [0.3, 0.4) is 0 Å². The second-order valence-electron chi connectivity index (χ2n) is 4.32. The molecule has 2 unspecified atom stereocenters. The average Bonchev–Trinajstić information content (AvgIpc) is 2.35. The Morgan fingerprint density at radius 3 is 2.42 bits per heavy atom. The maximum atomic E-state index is 12.1. The van der Waals surface area contributed by atoms with Crippen LogP contribution in [0.1, 0.15) is 26.5 Å². The van der Waals surface area contributed by atoms with E-state index in [2.05, 4.69) is 4.98 Å². The van der Waals surface area contributed by atoms with E-state index >= 15 is 0 Å². The van der Waals surface area contributed by atoms with E-state index < -0.39 is 0 Å². The molecule has 0 saturated heterocycles. The zero-order valence-electron chi connectivity index (χ0n) is 11.6. The van der Waals surface area contributed by atoms with Crippen LogP contribution in [0.15, 0.2) is 24.4 Å². The summed E-state index contributed by atoms with van der Waals surface area (Å²) in [6.07, 6.45) is 1.74. The van der Waals surface area contributed by atoms with Crippen molar-refractivity contribution in [1.29, 1.82) is 0 Å². The summed E-state index contributed by atoms with van der Waals surface area (Å²) in [5.41, 5.74) is 6.66.